The minimum absolute atomic E-state index is 0.146. The van der Waals surface area contributed by atoms with Crippen LogP contribution in [-0.4, -0.2) is 18.0 Å². The molecule has 9 heteroatoms. The Hall–Kier alpha value is -1.48. The first-order chi connectivity index (χ1) is 8.73. The lowest BCUT2D eigenvalue weighted by Gasteiger charge is -2.08. The zero-order valence-corrected chi connectivity index (χ0v) is 11.1. The van der Waals surface area contributed by atoms with Gasteiger partial charge in [0.05, 0.1) is 16.2 Å². The van der Waals surface area contributed by atoms with E-state index < -0.39 is 26.5 Å². The number of aromatic nitrogens is 2. The van der Waals surface area contributed by atoms with Gasteiger partial charge in [0.2, 0.25) is 9.84 Å². The monoisotopic (exact) mass is 308 g/mol. The largest absolute Gasteiger partial charge is 0.416 e. The van der Waals surface area contributed by atoms with Crippen molar-refractivity contribution in [2.24, 2.45) is 0 Å². The Morgan fingerprint density at radius 2 is 1.95 bits per heavy atom. The summed E-state index contributed by atoms with van der Waals surface area (Å²) in [7, 11) is -4.02. The molecule has 2 rings (SSSR count). The van der Waals surface area contributed by atoms with Crippen LogP contribution in [0.25, 0.3) is 0 Å². The molecule has 0 radical (unpaired) electrons. The maximum atomic E-state index is 12.6. The van der Waals surface area contributed by atoms with E-state index >= 15 is 0 Å². The van der Waals surface area contributed by atoms with E-state index in [1.807, 2.05) is 0 Å². The van der Waals surface area contributed by atoms with Crippen molar-refractivity contribution in [2.75, 3.05) is 0 Å². The molecule has 0 fully saturated rings. The summed E-state index contributed by atoms with van der Waals surface area (Å²) in [6, 6.07) is 3.59. The molecule has 0 atom stereocenters. The number of sulfone groups is 1. The molecule has 0 aliphatic carbocycles. The fraction of sp³-hybridized carbons (Fsp3) is 0.200. The summed E-state index contributed by atoms with van der Waals surface area (Å²) in [6.07, 6.45) is -4.59. The topological polar surface area (TPSA) is 59.9 Å². The molecule has 0 saturated carbocycles. The summed E-state index contributed by atoms with van der Waals surface area (Å²) < 4.78 is 65.3. The number of alkyl halides is 3. The molecule has 0 aliphatic rings. The first kappa shape index (κ1) is 13.9. The van der Waals surface area contributed by atoms with Gasteiger partial charge < -0.3 is 0 Å². The molecule has 0 spiro atoms. The van der Waals surface area contributed by atoms with Gasteiger partial charge in [-0.25, -0.2) is 8.42 Å². The summed E-state index contributed by atoms with van der Waals surface area (Å²) >= 11 is 0.634. The zero-order chi connectivity index (χ0) is 14.3. The lowest BCUT2D eigenvalue weighted by molar-refractivity contribution is -0.137. The van der Waals surface area contributed by atoms with Crippen LogP contribution in [0.4, 0.5) is 13.2 Å². The summed E-state index contributed by atoms with van der Waals surface area (Å²) in [6.45, 7) is 1.43. The first-order valence-corrected chi connectivity index (χ1v) is 7.20. The first-order valence-electron chi connectivity index (χ1n) is 4.94. The second-order valence-corrected chi connectivity index (χ2v) is 6.57. The van der Waals surface area contributed by atoms with Crippen molar-refractivity contribution in [3.05, 3.63) is 35.5 Å². The predicted octanol–water partition coefficient (Wildman–Crippen LogP) is 2.70. The molecular formula is C10H7F3N2O2S2. The second kappa shape index (κ2) is 4.57. The Kier molecular flexibility index (Phi) is 3.35. The van der Waals surface area contributed by atoms with Crippen molar-refractivity contribution in [1.29, 1.82) is 0 Å². The Morgan fingerprint density at radius 3 is 2.47 bits per heavy atom. The van der Waals surface area contributed by atoms with Crippen molar-refractivity contribution in [1.82, 2.24) is 9.59 Å². The van der Waals surface area contributed by atoms with Crippen LogP contribution < -0.4 is 0 Å². The van der Waals surface area contributed by atoms with Crippen molar-refractivity contribution in [3.63, 3.8) is 0 Å². The molecule has 1 aromatic heterocycles. The Balaban J connectivity index is 2.57. The molecule has 102 valence electrons. The number of halogens is 3. The zero-order valence-electron chi connectivity index (χ0n) is 9.47. The van der Waals surface area contributed by atoms with Gasteiger partial charge in [0.25, 0.3) is 0 Å². The van der Waals surface area contributed by atoms with E-state index in [0.29, 0.717) is 17.6 Å². The smallest absolute Gasteiger partial charge is 0.218 e. The van der Waals surface area contributed by atoms with E-state index in [1.165, 1.54) is 6.92 Å². The maximum absolute atomic E-state index is 12.6. The SMILES string of the molecule is Cc1nnsc1S(=O)(=O)c1cccc(C(F)(F)F)c1. The number of benzene rings is 1. The van der Waals surface area contributed by atoms with Crippen LogP contribution >= 0.6 is 11.5 Å². The van der Waals surface area contributed by atoms with Crippen LogP contribution in [-0.2, 0) is 16.0 Å². The van der Waals surface area contributed by atoms with Crippen LogP contribution in [0.15, 0.2) is 33.4 Å². The van der Waals surface area contributed by atoms with Gasteiger partial charge in [-0.2, -0.15) is 13.2 Å². The molecule has 4 nitrogen and oxygen atoms in total. The van der Waals surface area contributed by atoms with Crippen LogP contribution in [0.3, 0.4) is 0 Å². The van der Waals surface area contributed by atoms with E-state index in [0.717, 1.165) is 18.2 Å². The average Bonchev–Trinajstić information content (AvgIpc) is 2.75. The van der Waals surface area contributed by atoms with Gasteiger partial charge in [-0.3, -0.25) is 0 Å². The molecule has 19 heavy (non-hydrogen) atoms. The van der Waals surface area contributed by atoms with E-state index in [4.69, 9.17) is 0 Å². The van der Waals surface area contributed by atoms with E-state index in [-0.39, 0.29) is 9.90 Å². The predicted molar refractivity (Wildman–Crippen MR) is 61.5 cm³/mol. The minimum atomic E-state index is -4.59. The highest BCUT2D eigenvalue weighted by molar-refractivity contribution is 7.93. The normalized spacial score (nSPS) is 12.6. The molecule has 2 aromatic rings. The average molecular weight is 308 g/mol. The van der Waals surface area contributed by atoms with Gasteiger partial charge in [0.15, 0.2) is 4.21 Å². The van der Waals surface area contributed by atoms with Gasteiger partial charge >= 0.3 is 6.18 Å². The summed E-state index contributed by atoms with van der Waals surface area (Å²) in [5, 5.41) is 3.55. The molecule has 1 heterocycles. The lowest BCUT2D eigenvalue weighted by atomic mass is 10.2. The molecule has 0 N–H and O–H groups in total. The lowest BCUT2D eigenvalue weighted by Crippen LogP contribution is -2.08. The summed E-state index contributed by atoms with van der Waals surface area (Å²) in [5.41, 5.74) is -0.842. The number of hydrogen-bond donors (Lipinski definition) is 0. The molecule has 1 aromatic carbocycles. The van der Waals surface area contributed by atoms with Crippen LogP contribution in [0, 0.1) is 6.92 Å². The molecular weight excluding hydrogens is 301 g/mol. The molecule has 0 unspecified atom stereocenters. The van der Waals surface area contributed by atoms with Gasteiger partial charge in [-0.05, 0) is 25.1 Å². The number of hydrogen-bond acceptors (Lipinski definition) is 5. The van der Waals surface area contributed by atoms with Gasteiger partial charge in [0, 0.05) is 11.5 Å². The second-order valence-electron chi connectivity index (χ2n) is 3.67. The fourth-order valence-corrected chi connectivity index (χ4v) is 3.79. The highest BCUT2D eigenvalue weighted by Gasteiger charge is 2.32. The van der Waals surface area contributed by atoms with Gasteiger partial charge in [-0.1, -0.05) is 10.6 Å². The summed E-state index contributed by atoms with van der Waals surface area (Å²) in [5.74, 6) is 0. The van der Waals surface area contributed by atoms with Crippen molar-refractivity contribution < 1.29 is 21.6 Å². The van der Waals surface area contributed by atoms with Crippen LogP contribution in [0.5, 0.6) is 0 Å². The van der Waals surface area contributed by atoms with Crippen molar-refractivity contribution >= 4 is 21.4 Å². The minimum Gasteiger partial charge on any atom is -0.218 e. The van der Waals surface area contributed by atoms with Crippen molar-refractivity contribution in [3.8, 4) is 0 Å². The van der Waals surface area contributed by atoms with Crippen LogP contribution in [0.1, 0.15) is 11.3 Å². The number of aryl methyl sites for hydroxylation is 1. The highest BCUT2D eigenvalue weighted by atomic mass is 32.2. The molecule has 0 saturated heterocycles. The third kappa shape index (κ3) is 2.61. The van der Waals surface area contributed by atoms with Gasteiger partial charge in [-0.15, -0.1) is 5.10 Å². The van der Waals surface area contributed by atoms with Crippen LogP contribution in [0.2, 0.25) is 0 Å². The van der Waals surface area contributed by atoms with E-state index in [1.54, 1.807) is 0 Å². The molecule has 0 bridgehead atoms. The highest BCUT2D eigenvalue weighted by Crippen LogP contribution is 2.32. The van der Waals surface area contributed by atoms with Gasteiger partial charge in [0.1, 0.15) is 0 Å². The fourth-order valence-electron chi connectivity index (χ4n) is 1.42. The maximum Gasteiger partial charge on any atom is 0.416 e. The third-order valence-electron chi connectivity index (χ3n) is 2.33. The molecule has 0 aliphatic heterocycles. The Morgan fingerprint density at radius 1 is 1.26 bits per heavy atom. The Labute approximate surface area is 111 Å². The third-order valence-corrected chi connectivity index (χ3v) is 5.49. The number of nitrogens with zero attached hydrogens (tertiary/aromatic N) is 2. The number of rotatable bonds is 2. The summed E-state index contributed by atoms with van der Waals surface area (Å²) in [4.78, 5) is -0.420. The van der Waals surface area contributed by atoms with E-state index in [2.05, 4.69) is 9.59 Å². The quantitative estimate of drug-likeness (QED) is 0.856. The standard InChI is InChI=1S/C10H7F3N2O2S2/c1-6-9(18-15-14-6)19(16,17)8-4-2-3-7(5-8)10(11,12)13/h2-5H,1H3. The molecule has 0 amide bonds. The van der Waals surface area contributed by atoms with Crippen molar-refractivity contribution in [2.45, 2.75) is 22.2 Å². The van der Waals surface area contributed by atoms with E-state index in [9.17, 15) is 21.6 Å². The Bertz CT molecular complexity index is 708.